The van der Waals surface area contributed by atoms with E-state index in [-0.39, 0.29) is 11.9 Å². The minimum atomic E-state index is 0.0532. The van der Waals surface area contributed by atoms with Gasteiger partial charge in [0.05, 0.1) is 6.04 Å². The van der Waals surface area contributed by atoms with Crippen molar-refractivity contribution in [3.63, 3.8) is 0 Å². The van der Waals surface area contributed by atoms with Crippen LogP contribution in [-0.2, 0) is 4.79 Å². The first-order chi connectivity index (χ1) is 9.16. The van der Waals surface area contributed by atoms with Gasteiger partial charge in [0.25, 0.3) is 0 Å². The molecule has 1 saturated heterocycles. The zero-order chi connectivity index (χ0) is 13.7. The fourth-order valence-corrected chi connectivity index (χ4v) is 3.37. The Kier molecular flexibility index (Phi) is 5.68. The van der Waals surface area contributed by atoms with Gasteiger partial charge in [-0.05, 0) is 64.5 Å². The van der Waals surface area contributed by atoms with Gasteiger partial charge in [-0.1, -0.05) is 19.8 Å². The molecule has 3 nitrogen and oxygen atoms in total. The molecule has 0 radical (unpaired) electrons. The van der Waals surface area contributed by atoms with Crippen LogP contribution in [0.4, 0.5) is 0 Å². The third-order valence-electron chi connectivity index (χ3n) is 4.93. The van der Waals surface area contributed by atoms with E-state index in [2.05, 4.69) is 24.1 Å². The second kappa shape index (κ2) is 7.28. The number of rotatable bonds is 3. The fraction of sp³-hybridized carbons (Fsp3) is 0.938. The normalized spacial score (nSPS) is 31.5. The van der Waals surface area contributed by atoms with Gasteiger partial charge >= 0.3 is 0 Å². The molecule has 3 heteroatoms. The number of amides is 1. The van der Waals surface area contributed by atoms with Crippen LogP contribution in [0.15, 0.2) is 0 Å². The zero-order valence-electron chi connectivity index (χ0n) is 12.7. The Balaban J connectivity index is 1.78. The van der Waals surface area contributed by atoms with Crippen LogP contribution in [-0.4, -0.2) is 36.0 Å². The molecule has 110 valence electrons. The van der Waals surface area contributed by atoms with Crippen molar-refractivity contribution in [2.24, 2.45) is 5.92 Å². The summed E-state index contributed by atoms with van der Waals surface area (Å²) >= 11 is 0. The minimum Gasteiger partial charge on any atom is -0.352 e. The van der Waals surface area contributed by atoms with Crippen molar-refractivity contribution in [1.82, 2.24) is 10.2 Å². The number of likely N-dealkylation sites (tertiary alicyclic amines) is 1. The molecule has 1 saturated carbocycles. The minimum absolute atomic E-state index is 0.0532. The van der Waals surface area contributed by atoms with E-state index in [1.807, 2.05) is 0 Å². The van der Waals surface area contributed by atoms with Gasteiger partial charge in [-0.25, -0.2) is 0 Å². The highest BCUT2D eigenvalue weighted by Crippen LogP contribution is 2.23. The monoisotopic (exact) mass is 266 g/mol. The van der Waals surface area contributed by atoms with Crippen LogP contribution < -0.4 is 5.32 Å². The van der Waals surface area contributed by atoms with E-state index in [0.29, 0.717) is 6.04 Å². The Hall–Kier alpha value is -0.570. The van der Waals surface area contributed by atoms with Gasteiger partial charge in [0, 0.05) is 6.04 Å². The van der Waals surface area contributed by atoms with Crippen LogP contribution in [0, 0.1) is 5.92 Å². The third kappa shape index (κ3) is 4.48. The van der Waals surface area contributed by atoms with E-state index in [9.17, 15) is 4.79 Å². The molecule has 0 aromatic carbocycles. The summed E-state index contributed by atoms with van der Waals surface area (Å²) in [4.78, 5) is 14.7. The first-order valence-electron chi connectivity index (χ1n) is 8.21. The fourth-order valence-electron chi connectivity index (χ4n) is 3.37. The molecule has 1 aliphatic heterocycles. The van der Waals surface area contributed by atoms with E-state index >= 15 is 0 Å². The molecule has 1 unspecified atom stereocenters. The predicted molar refractivity (Wildman–Crippen MR) is 79.1 cm³/mol. The van der Waals surface area contributed by atoms with Crippen molar-refractivity contribution in [2.75, 3.05) is 13.1 Å². The number of hydrogen-bond donors (Lipinski definition) is 1. The lowest BCUT2D eigenvalue weighted by Gasteiger charge is -2.31. The molecule has 0 aromatic rings. The van der Waals surface area contributed by atoms with Gasteiger partial charge in [-0.2, -0.15) is 0 Å². The summed E-state index contributed by atoms with van der Waals surface area (Å²) < 4.78 is 0. The molecule has 19 heavy (non-hydrogen) atoms. The van der Waals surface area contributed by atoms with E-state index < -0.39 is 0 Å². The summed E-state index contributed by atoms with van der Waals surface area (Å²) in [6.07, 6.45) is 10.0. The van der Waals surface area contributed by atoms with Crippen LogP contribution >= 0.6 is 0 Å². The molecule has 1 heterocycles. The first-order valence-corrected chi connectivity index (χ1v) is 8.21. The maximum Gasteiger partial charge on any atom is 0.237 e. The highest BCUT2D eigenvalue weighted by atomic mass is 16.2. The van der Waals surface area contributed by atoms with Gasteiger partial charge in [0.1, 0.15) is 0 Å². The van der Waals surface area contributed by atoms with Gasteiger partial charge in [0.15, 0.2) is 0 Å². The molecule has 1 N–H and O–H groups in total. The molecule has 1 atom stereocenters. The highest BCUT2D eigenvalue weighted by molar-refractivity contribution is 5.81. The quantitative estimate of drug-likeness (QED) is 0.852. The molecule has 2 aliphatic rings. The molecule has 2 rings (SSSR count). The Morgan fingerprint density at radius 2 is 1.63 bits per heavy atom. The lowest BCUT2D eigenvalue weighted by atomic mass is 9.87. The van der Waals surface area contributed by atoms with Crippen molar-refractivity contribution in [3.8, 4) is 0 Å². The van der Waals surface area contributed by atoms with Gasteiger partial charge in [-0.3, -0.25) is 9.69 Å². The Labute approximate surface area is 118 Å². The van der Waals surface area contributed by atoms with Crippen LogP contribution in [0.3, 0.4) is 0 Å². The topological polar surface area (TPSA) is 32.3 Å². The lowest BCUT2D eigenvalue weighted by molar-refractivity contribution is -0.126. The van der Waals surface area contributed by atoms with Crippen molar-refractivity contribution >= 4 is 5.91 Å². The number of carbonyl (C=O) groups is 1. The van der Waals surface area contributed by atoms with Crippen molar-refractivity contribution in [2.45, 2.75) is 77.3 Å². The SMILES string of the molecule is CC1CCC(NC(=O)C(C)N2CCCCCC2)CC1. The van der Waals surface area contributed by atoms with Gasteiger partial charge in [0.2, 0.25) is 5.91 Å². The summed E-state index contributed by atoms with van der Waals surface area (Å²) in [5.74, 6) is 1.10. The standard InChI is InChI=1S/C16H30N2O/c1-13-7-9-15(10-8-13)17-16(19)14(2)18-11-5-3-4-6-12-18/h13-15H,3-12H2,1-2H3,(H,17,19). The number of nitrogens with one attached hydrogen (secondary N) is 1. The Morgan fingerprint density at radius 1 is 1.05 bits per heavy atom. The summed E-state index contributed by atoms with van der Waals surface area (Å²) in [5, 5.41) is 3.28. The maximum atomic E-state index is 12.4. The van der Waals surface area contributed by atoms with E-state index in [1.54, 1.807) is 0 Å². The molecule has 2 fully saturated rings. The predicted octanol–water partition coefficient (Wildman–Crippen LogP) is 2.95. The smallest absolute Gasteiger partial charge is 0.237 e. The van der Waals surface area contributed by atoms with Crippen LogP contribution in [0.1, 0.15) is 65.2 Å². The highest BCUT2D eigenvalue weighted by Gasteiger charge is 2.25. The second-order valence-electron chi connectivity index (χ2n) is 6.59. The van der Waals surface area contributed by atoms with Crippen molar-refractivity contribution in [1.29, 1.82) is 0 Å². The average molecular weight is 266 g/mol. The molecular formula is C16H30N2O. The van der Waals surface area contributed by atoms with Crippen LogP contribution in [0.5, 0.6) is 0 Å². The van der Waals surface area contributed by atoms with Crippen molar-refractivity contribution < 1.29 is 4.79 Å². The van der Waals surface area contributed by atoms with Gasteiger partial charge < -0.3 is 5.32 Å². The zero-order valence-corrected chi connectivity index (χ0v) is 12.7. The molecule has 1 aliphatic carbocycles. The number of carbonyl (C=O) groups excluding carboxylic acids is 1. The maximum absolute atomic E-state index is 12.4. The summed E-state index contributed by atoms with van der Waals surface area (Å²) in [6.45, 7) is 6.58. The van der Waals surface area contributed by atoms with Crippen molar-refractivity contribution in [3.05, 3.63) is 0 Å². The van der Waals surface area contributed by atoms with Gasteiger partial charge in [-0.15, -0.1) is 0 Å². The molecule has 0 aromatic heterocycles. The van der Waals surface area contributed by atoms with E-state index in [1.165, 1.54) is 51.4 Å². The molecule has 1 amide bonds. The Bertz CT molecular complexity index is 276. The molecule has 0 spiro atoms. The molecule has 0 bridgehead atoms. The molecular weight excluding hydrogens is 236 g/mol. The van der Waals surface area contributed by atoms with Crippen LogP contribution in [0.2, 0.25) is 0 Å². The summed E-state index contributed by atoms with van der Waals surface area (Å²) in [6, 6.07) is 0.482. The van der Waals surface area contributed by atoms with E-state index in [4.69, 9.17) is 0 Å². The third-order valence-corrected chi connectivity index (χ3v) is 4.93. The largest absolute Gasteiger partial charge is 0.352 e. The summed E-state index contributed by atoms with van der Waals surface area (Å²) in [5.41, 5.74) is 0. The Morgan fingerprint density at radius 3 is 2.21 bits per heavy atom. The summed E-state index contributed by atoms with van der Waals surface area (Å²) in [7, 11) is 0. The number of nitrogens with zero attached hydrogens (tertiary/aromatic N) is 1. The number of hydrogen-bond acceptors (Lipinski definition) is 2. The lowest BCUT2D eigenvalue weighted by Crippen LogP contribution is -2.49. The van der Waals surface area contributed by atoms with Crippen LogP contribution in [0.25, 0.3) is 0 Å². The first kappa shape index (κ1) is 14.8. The average Bonchev–Trinajstić information content (AvgIpc) is 2.69. The van der Waals surface area contributed by atoms with E-state index in [0.717, 1.165) is 19.0 Å². The second-order valence-corrected chi connectivity index (χ2v) is 6.59.